The van der Waals surface area contributed by atoms with Crippen LogP contribution in [-0.2, 0) is 12.8 Å². The Morgan fingerprint density at radius 3 is 2.50 bits per heavy atom. The molecule has 2 rings (SSSR count). The summed E-state index contributed by atoms with van der Waals surface area (Å²) in [6, 6.07) is 13.1. The third-order valence-electron chi connectivity index (χ3n) is 4.38. The summed E-state index contributed by atoms with van der Waals surface area (Å²) >= 11 is 0. The third-order valence-corrected chi connectivity index (χ3v) is 4.38. The molecular weight excluding hydrogens is 266 g/mol. The van der Waals surface area contributed by atoms with Gasteiger partial charge in [0.15, 0.2) is 0 Å². The topological polar surface area (TPSA) is 12.9 Å². The van der Waals surface area contributed by atoms with E-state index in [0.717, 1.165) is 12.3 Å². The zero-order valence-corrected chi connectivity index (χ0v) is 14.3. The second-order valence-electron chi connectivity index (χ2n) is 6.63. The molecule has 1 atom stereocenters. The van der Waals surface area contributed by atoms with Crippen molar-refractivity contribution in [2.45, 2.75) is 58.8 Å². The van der Waals surface area contributed by atoms with Crippen molar-refractivity contribution in [1.29, 1.82) is 0 Å². The van der Waals surface area contributed by atoms with E-state index in [4.69, 9.17) is 0 Å². The van der Waals surface area contributed by atoms with Crippen molar-refractivity contribution in [2.75, 3.05) is 0 Å². The smallest absolute Gasteiger partial charge is 0.0302 e. The molecule has 0 N–H and O–H groups in total. The van der Waals surface area contributed by atoms with Gasteiger partial charge in [-0.25, -0.2) is 0 Å². The van der Waals surface area contributed by atoms with E-state index in [9.17, 15) is 0 Å². The molecule has 1 heterocycles. The molecule has 0 fully saturated rings. The number of nitrogens with zero attached hydrogens (tertiary/aromatic N) is 1. The van der Waals surface area contributed by atoms with Gasteiger partial charge in [0.2, 0.25) is 0 Å². The lowest BCUT2D eigenvalue weighted by molar-refractivity contribution is 0.463. The molecule has 1 unspecified atom stereocenters. The molecule has 0 aliphatic rings. The highest BCUT2D eigenvalue weighted by molar-refractivity contribution is 5.27. The summed E-state index contributed by atoms with van der Waals surface area (Å²) in [5.74, 6) is 1.40. The molecule has 1 aromatic carbocycles. The maximum Gasteiger partial charge on any atom is 0.0302 e. The Bertz CT molecular complexity index is 545. The van der Waals surface area contributed by atoms with Gasteiger partial charge in [-0.05, 0) is 66.7 Å². The molecule has 2 aromatic rings. The highest BCUT2D eigenvalue weighted by Crippen LogP contribution is 2.31. The fourth-order valence-electron chi connectivity index (χ4n) is 3.30. The van der Waals surface area contributed by atoms with Gasteiger partial charge in [0, 0.05) is 12.4 Å². The van der Waals surface area contributed by atoms with Crippen molar-refractivity contribution >= 4 is 0 Å². The molecule has 0 radical (unpaired) electrons. The number of hydrogen-bond donors (Lipinski definition) is 0. The van der Waals surface area contributed by atoms with E-state index in [2.05, 4.69) is 68.4 Å². The van der Waals surface area contributed by atoms with Crippen LogP contribution in [0, 0.1) is 5.92 Å². The second-order valence-corrected chi connectivity index (χ2v) is 6.63. The third kappa shape index (κ3) is 4.98. The van der Waals surface area contributed by atoms with Crippen molar-refractivity contribution in [3.05, 3.63) is 65.5 Å². The first-order valence-electron chi connectivity index (χ1n) is 8.67. The van der Waals surface area contributed by atoms with Crippen LogP contribution in [0.4, 0.5) is 0 Å². The molecule has 1 heteroatoms. The molecule has 0 amide bonds. The summed E-state index contributed by atoms with van der Waals surface area (Å²) in [4.78, 5) is 4.31. The van der Waals surface area contributed by atoms with Gasteiger partial charge in [0.05, 0.1) is 0 Å². The van der Waals surface area contributed by atoms with Crippen molar-refractivity contribution in [3.63, 3.8) is 0 Å². The average Bonchev–Trinajstić information content (AvgIpc) is 2.54. The van der Waals surface area contributed by atoms with Crippen molar-refractivity contribution in [1.82, 2.24) is 4.98 Å². The van der Waals surface area contributed by atoms with Crippen LogP contribution < -0.4 is 0 Å². The van der Waals surface area contributed by atoms with E-state index in [0.29, 0.717) is 5.92 Å². The van der Waals surface area contributed by atoms with Gasteiger partial charge in [-0.15, -0.1) is 0 Å². The molecule has 118 valence electrons. The van der Waals surface area contributed by atoms with Gasteiger partial charge in [0.25, 0.3) is 0 Å². The molecule has 1 aromatic heterocycles. The summed E-state index contributed by atoms with van der Waals surface area (Å²) in [5, 5.41) is 0. The van der Waals surface area contributed by atoms with Crippen LogP contribution in [-0.4, -0.2) is 4.98 Å². The number of hydrogen-bond acceptors (Lipinski definition) is 1. The maximum atomic E-state index is 4.31. The van der Waals surface area contributed by atoms with Gasteiger partial charge in [-0.3, -0.25) is 4.98 Å². The Balaban J connectivity index is 2.03. The summed E-state index contributed by atoms with van der Waals surface area (Å²) in [7, 11) is 0. The van der Waals surface area contributed by atoms with Crippen LogP contribution >= 0.6 is 0 Å². The first-order chi connectivity index (χ1) is 10.7. The minimum atomic E-state index is 0.668. The summed E-state index contributed by atoms with van der Waals surface area (Å²) in [5.41, 5.74) is 4.41. The predicted molar refractivity (Wildman–Crippen MR) is 95.2 cm³/mol. The van der Waals surface area contributed by atoms with Gasteiger partial charge in [0.1, 0.15) is 0 Å². The van der Waals surface area contributed by atoms with Crippen LogP contribution in [0.3, 0.4) is 0 Å². The molecule has 0 bridgehead atoms. The normalized spacial score (nSPS) is 12.5. The lowest BCUT2D eigenvalue weighted by atomic mass is 9.84. The highest BCUT2D eigenvalue weighted by atomic mass is 14.6. The maximum absolute atomic E-state index is 4.31. The van der Waals surface area contributed by atoms with E-state index >= 15 is 0 Å². The molecule has 0 spiro atoms. The fraction of sp³-hybridized carbons (Fsp3) is 0.476. The Hall–Kier alpha value is -1.63. The second kappa shape index (κ2) is 8.73. The Morgan fingerprint density at radius 1 is 1.05 bits per heavy atom. The van der Waals surface area contributed by atoms with E-state index in [1.165, 1.54) is 42.4 Å². The van der Waals surface area contributed by atoms with Crippen molar-refractivity contribution in [3.8, 4) is 0 Å². The number of rotatable bonds is 8. The first kappa shape index (κ1) is 16.7. The number of aromatic nitrogens is 1. The molecular formula is C21H29N. The highest BCUT2D eigenvalue weighted by Gasteiger charge is 2.16. The Kier molecular flexibility index (Phi) is 6.64. The zero-order chi connectivity index (χ0) is 15.8. The SMILES string of the molecule is CCc1cnccc1C(CCCc1ccccc1)CC(C)C. The quantitative estimate of drug-likeness (QED) is 0.600. The molecule has 22 heavy (non-hydrogen) atoms. The van der Waals surface area contributed by atoms with E-state index in [1.54, 1.807) is 0 Å². The lowest BCUT2D eigenvalue weighted by Gasteiger charge is -2.22. The summed E-state index contributed by atoms with van der Waals surface area (Å²) in [6.45, 7) is 6.89. The number of pyridine rings is 1. The van der Waals surface area contributed by atoms with Crippen molar-refractivity contribution < 1.29 is 0 Å². The fourth-order valence-corrected chi connectivity index (χ4v) is 3.30. The number of aryl methyl sites for hydroxylation is 2. The van der Waals surface area contributed by atoms with Crippen LogP contribution in [0.5, 0.6) is 0 Å². The van der Waals surface area contributed by atoms with Gasteiger partial charge in [-0.2, -0.15) is 0 Å². The predicted octanol–water partition coefficient (Wildman–Crippen LogP) is 5.80. The van der Waals surface area contributed by atoms with Crippen molar-refractivity contribution in [2.24, 2.45) is 5.92 Å². The Morgan fingerprint density at radius 2 is 1.82 bits per heavy atom. The van der Waals surface area contributed by atoms with Gasteiger partial charge < -0.3 is 0 Å². The largest absolute Gasteiger partial charge is 0.264 e. The molecule has 0 saturated heterocycles. The van der Waals surface area contributed by atoms with Crippen LogP contribution in [0.25, 0.3) is 0 Å². The van der Waals surface area contributed by atoms with Crippen LogP contribution in [0.1, 0.15) is 62.6 Å². The van der Waals surface area contributed by atoms with Gasteiger partial charge >= 0.3 is 0 Å². The zero-order valence-electron chi connectivity index (χ0n) is 14.3. The van der Waals surface area contributed by atoms with Crippen LogP contribution in [0.2, 0.25) is 0 Å². The standard InChI is InChI=1S/C21H29N/c1-4-19-16-22-14-13-21(19)20(15-17(2)3)12-8-11-18-9-6-5-7-10-18/h5-7,9-10,13-14,16-17,20H,4,8,11-12,15H2,1-3H3. The van der Waals surface area contributed by atoms with E-state index in [-0.39, 0.29) is 0 Å². The molecule has 0 aliphatic carbocycles. The Labute approximate surface area is 135 Å². The lowest BCUT2D eigenvalue weighted by Crippen LogP contribution is -2.07. The first-order valence-corrected chi connectivity index (χ1v) is 8.67. The van der Waals surface area contributed by atoms with E-state index in [1.807, 2.05) is 6.20 Å². The molecule has 0 saturated carbocycles. The average molecular weight is 295 g/mol. The monoisotopic (exact) mass is 295 g/mol. The summed E-state index contributed by atoms with van der Waals surface area (Å²) in [6.07, 6.45) is 10.1. The summed E-state index contributed by atoms with van der Waals surface area (Å²) < 4.78 is 0. The molecule has 0 aliphatic heterocycles. The number of benzene rings is 1. The minimum absolute atomic E-state index is 0.668. The minimum Gasteiger partial charge on any atom is -0.264 e. The van der Waals surface area contributed by atoms with Gasteiger partial charge in [-0.1, -0.05) is 51.1 Å². The van der Waals surface area contributed by atoms with E-state index < -0.39 is 0 Å². The van der Waals surface area contributed by atoms with Crippen LogP contribution in [0.15, 0.2) is 48.8 Å². The molecule has 1 nitrogen and oxygen atoms in total.